The second kappa shape index (κ2) is 6.98. The molecule has 5 heterocycles. The summed E-state index contributed by atoms with van der Waals surface area (Å²) in [7, 11) is 0. The Hall–Kier alpha value is -1.96. The van der Waals surface area contributed by atoms with Crippen LogP contribution in [0.5, 0.6) is 0 Å². The molecule has 3 aromatic heterocycles. The highest BCUT2D eigenvalue weighted by Crippen LogP contribution is 2.21. The second-order valence-corrected chi connectivity index (χ2v) is 8.36. The van der Waals surface area contributed by atoms with E-state index in [1.807, 2.05) is 17.5 Å². The fourth-order valence-electron chi connectivity index (χ4n) is 4.07. The molecule has 3 aromatic rings. The maximum Gasteiger partial charge on any atom is 0.0768 e. The van der Waals surface area contributed by atoms with Gasteiger partial charge in [0.15, 0.2) is 0 Å². The lowest BCUT2D eigenvalue weighted by Gasteiger charge is -2.25. The van der Waals surface area contributed by atoms with Gasteiger partial charge < -0.3 is 0 Å². The van der Waals surface area contributed by atoms with E-state index in [1.165, 1.54) is 33.9 Å². The molecule has 0 radical (unpaired) electrons. The first kappa shape index (κ1) is 16.2. The van der Waals surface area contributed by atoms with E-state index < -0.39 is 0 Å². The van der Waals surface area contributed by atoms with E-state index >= 15 is 0 Å². The molecular formula is C19H24N6S. The molecule has 0 aromatic carbocycles. The molecule has 1 N–H and O–H groups in total. The molecule has 0 fully saturated rings. The summed E-state index contributed by atoms with van der Waals surface area (Å²) >= 11 is 1.85. The van der Waals surface area contributed by atoms with Crippen molar-refractivity contribution in [2.75, 3.05) is 13.1 Å². The summed E-state index contributed by atoms with van der Waals surface area (Å²) in [6.45, 7) is 7.19. The first-order valence-electron chi connectivity index (χ1n) is 9.37. The highest BCUT2D eigenvalue weighted by molar-refractivity contribution is 7.09. The first-order chi connectivity index (χ1) is 12.8. The van der Waals surface area contributed by atoms with Gasteiger partial charge in [0.25, 0.3) is 0 Å². The summed E-state index contributed by atoms with van der Waals surface area (Å²) in [6, 6.07) is 6.70. The van der Waals surface area contributed by atoms with Gasteiger partial charge in [0, 0.05) is 68.4 Å². The van der Waals surface area contributed by atoms with E-state index in [0.717, 1.165) is 52.2 Å². The van der Waals surface area contributed by atoms with Crippen molar-refractivity contribution in [2.45, 2.75) is 45.6 Å². The maximum atomic E-state index is 4.91. The number of rotatable bonds is 4. The van der Waals surface area contributed by atoms with Gasteiger partial charge in [-0.05, 0) is 23.9 Å². The molecule has 0 spiro atoms. The van der Waals surface area contributed by atoms with Gasteiger partial charge >= 0.3 is 0 Å². The van der Waals surface area contributed by atoms with Crippen molar-refractivity contribution in [2.24, 2.45) is 0 Å². The number of nitrogens with one attached hydrogen (secondary N) is 1. The third-order valence-electron chi connectivity index (χ3n) is 5.37. The molecule has 0 aliphatic carbocycles. The highest BCUT2D eigenvalue weighted by Gasteiger charge is 2.21. The molecule has 136 valence electrons. The van der Waals surface area contributed by atoms with Crippen molar-refractivity contribution < 1.29 is 0 Å². The van der Waals surface area contributed by atoms with Crippen LogP contribution in [-0.4, -0.2) is 42.9 Å². The molecule has 0 atom stereocenters. The smallest absolute Gasteiger partial charge is 0.0768 e. The zero-order chi connectivity index (χ0) is 17.3. The van der Waals surface area contributed by atoms with E-state index in [2.05, 4.69) is 48.3 Å². The van der Waals surface area contributed by atoms with Gasteiger partial charge in [0.2, 0.25) is 0 Å². The Labute approximate surface area is 157 Å². The van der Waals surface area contributed by atoms with Crippen molar-refractivity contribution in [3.05, 3.63) is 57.3 Å². The summed E-state index contributed by atoms with van der Waals surface area (Å²) in [6.07, 6.45) is 4.19. The number of hydrogen-bond acceptors (Lipinski definition) is 5. The number of fused-ring (bicyclic) bond motifs is 2. The molecule has 2 aliphatic rings. The minimum absolute atomic E-state index is 0.926. The van der Waals surface area contributed by atoms with E-state index in [4.69, 9.17) is 5.10 Å². The van der Waals surface area contributed by atoms with Gasteiger partial charge in [0.1, 0.15) is 0 Å². The Morgan fingerprint density at radius 2 is 2.08 bits per heavy atom. The van der Waals surface area contributed by atoms with Gasteiger partial charge in [-0.25, -0.2) is 0 Å². The molecule has 5 rings (SSSR count). The number of H-pyrrole nitrogens is 1. The van der Waals surface area contributed by atoms with E-state index in [-0.39, 0.29) is 0 Å². The number of hydrogen-bond donors (Lipinski definition) is 1. The highest BCUT2D eigenvalue weighted by atomic mass is 32.1. The van der Waals surface area contributed by atoms with Crippen LogP contribution >= 0.6 is 11.3 Å². The minimum Gasteiger partial charge on any atom is -0.293 e. The molecule has 6 nitrogen and oxygen atoms in total. The number of nitrogens with zero attached hydrogens (tertiary/aromatic N) is 5. The Kier molecular flexibility index (Phi) is 4.36. The quantitative estimate of drug-likeness (QED) is 0.769. The van der Waals surface area contributed by atoms with Crippen LogP contribution in [-0.2, 0) is 39.1 Å². The molecule has 26 heavy (non-hydrogen) atoms. The summed E-state index contributed by atoms with van der Waals surface area (Å²) in [5.41, 5.74) is 5.19. The van der Waals surface area contributed by atoms with Gasteiger partial charge in [-0.15, -0.1) is 11.3 Å². The molecule has 0 saturated carbocycles. The Morgan fingerprint density at radius 3 is 3.00 bits per heavy atom. The number of aryl methyl sites for hydroxylation is 1. The third kappa shape index (κ3) is 3.34. The molecule has 0 saturated heterocycles. The molecular weight excluding hydrogens is 344 g/mol. The molecule has 7 heteroatoms. The van der Waals surface area contributed by atoms with Crippen LogP contribution < -0.4 is 0 Å². The normalized spacial score (nSPS) is 18.5. The standard InChI is InChI=1S/C19H24N6S/c1-3-18(26-8-1)14-23-5-2-6-25-17(13-23)9-16(22-25)12-24-7-4-19-15(11-24)10-20-21-19/h1,3,8-10H,2,4-7,11-14H2,(H,20,21). The summed E-state index contributed by atoms with van der Waals surface area (Å²) in [5, 5.41) is 14.4. The topological polar surface area (TPSA) is 53.0 Å². The molecule has 0 bridgehead atoms. The maximum absolute atomic E-state index is 4.91. The van der Waals surface area contributed by atoms with Gasteiger partial charge in [0.05, 0.1) is 17.6 Å². The summed E-state index contributed by atoms with van der Waals surface area (Å²) in [4.78, 5) is 6.47. The summed E-state index contributed by atoms with van der Waals surface area (Å²) in [5.74, 6) is 0. The average Bonchev–Trinajstić information content (AvgIpc) is 3.35. The first-order valence-corrected chi connectivity index (χ1v) is 10.3. The van der Waals surface area contributed by atoms with Crippen LogP contribution in [0.2, 0.25) is 0 Å². The van der Waals surface area contributed by atoms with Crippen LogP contribution in [0.25, 0.3) is 0 Å². The van der Waals surface area contributed by atoms with Crippen molar-refractivity contribution in [1.82, 2.24) is 29.8 Å². The van der Waals surface area contributed by atoms with E-state index in [1.54, 1.807) is 0 Å². The zero-order valence-corrected chi connectivity index (χ0v) is 15.7. The minimum atomic E-state index is 0.926. The Morgan fingerprint density at radius 1 is 1.12 bits per heavy atom. The predicted octanol–water partition coefficient (Wildman–Crippen LogP) is 2.63. The van der Waals surface area contributed by atoms with E-state index in [0.29, 0.717) is 0 Å². The third-order valence-corrected chi connectivity index (χ3v) is 6.23. The fraction of sp³-hybridized carbons (Fsp3) is 0.474. The molecule has 0 amide bonds. The van der Waals surface area contributed by atoms with Crippen LogP contribution in [0.1, 0.15) is 33.9 Å². The van der Waals surface area contributed by atoms with Crippen LogP contribution in [0.3, 0.4) is 0 Å². The van der Waals surface area contributed by atoms with E-state index in [9.17, 15) is 0 Å². The van der Waals surface area contributed by atoms with Crippen molar-refractivity contribution in [3.63, 3.8) is 0 Å². The van der Waals surface area contributed by atoms with Gasteiger partial charge in [-0.2, -0.15) is 10.2 Å². The lowest BCUT2D eigenvalue weighted by Crippen LogP contribution is -2.29. The van der Waals surface area contributed by atoms with Crippen LogP contribution in [0.4, 0.5) is 0 Å². The van der Waals surface area contributed by atoms with Crippen molar-refractivity contribution in [3.8, 4) is 0 Å². The largest absolute Gasteiger partial charge is 0.293 e. The number of aromatic amines is 1. The molecule has 2 aliphatic heterocycles. The predicted molar refractivity (Wildman–Crippen MR) is 102 cm³/mol. The van der Waals surface area contributed by atoms with Crippen molar-refractivity contribution >= 4 is 11.3 Å². The lowest BCUT2D eigenvalue weighted by molar-refractivity contribution is 0.240. The lowest BCUT2D eigenvalue weighted by atomic mass is 10.1. The average molecular weight is 369 g/mol. The summed E-state index contributed by atoms with van der Waals surface area (Å²) < 4.78 is 2.23. The fourth-order valence-corrected chi connectivity index (χ4v) is 4.81. The van der Waals surface area contributed by atoms with Crippen LogP contribution in [0.15, 0.2) is 29.8 Å². The second-order valence-electron chi connectivity index (χ2n) is 7.33. The zero-order valence-electron chi connectivity index (χ0n) is 14.9. The Balaban J connectivity index is 1.27. The molecule has 0 unspecified atom stereocenters. The monoisotopic (exact) mass is 368 g/mol. The SMILES string of the molecule is c1csc(CN2CCCn3nc(CN4CCc5[nH]ncc5C4)cc3C2)c1. The Bertz CT molecular complexity index is 865. The van der Waals surface area contributed by atoms with Gasteiger partial charge in [-0.3, -0.25) is 19.6 Å². The van der Waals surface area contributed by atoms with Crippen molar-refractivity contribution in [1.29, 1.82) is 0 Å². The number of thiophene rings is 1. The van der Waals surface area contributed by atoms with Gasteiger partial charge in [-0.1, -0.05) is 6.07 Å². The number of aromatic nitrogens is 4. The van der Waals surface area contributed by atoms with Crippen LogP contribution in [0, 0.1) is 0 Å².